The number of carbonyl (C=O) groups excluding carboxylic acids is 1. The van der Waals surface area contributed by atoms with Gasteiger partial charge in [0.1, 0.15) is 5.75 Å². The highest BCUT2D eigenvalue weighted by Gasteiger charge is 2.17. The molecule has 3 rings (SSSR count). The third kappa shape index (κ3) is 1.96. The van der Waals surface area contributed by atoms with Gasteiger partial charge < -0.3 is 4.74 Å². The lowest BCUT2D eigenvalue weighted by atomic mass is 10.0. The quantitative estimate of drug-likeness (QED) is 0.775. The number of ether oxygens (including phenoxy) is 1. The standard InChI is InChI=1S/C13H9ClO2S/c14-12-4-3-11(17-12)13(15)9-1-2-10-8(7-9)5-6-16-10/h1-4,7H,5-6H2. The second kappa shape index (κ2) is 4.17. The van der Waals surface area contributed by atoms with Crippen LogP contribution in [-0.4, -0.2) is 12.4 Å². The Hall–Kier alpha value is -1.32. The summed E-state index contributed by atoms with van der Waals surface area (Å²) in [6.45, 7) is 0.706. The Morgan fingerprint density at radius 2 is 2.18 bits per heavy atom. The highest BCUT2D eigenvalue weighted by molar-refractivity contribution is 7.18. The molecule has 0 saturated heterocycles. The van der Waals surface area contributed by atoms with Gasteiger partial charge in [-0.1, -0.05) is 11.6 Å². The molecule has 17 heavy (non-hydrogen) atoms. The van der Waals surface area contributed by atoms with E-state index >= 15 is 0 Å². The van der Waals surface area contributed by atoms with Crippen molar-refractivity contribution in [2.45, 2.75) is 6.42 Å². The molecule has 0 atom stereocenters. The monoisotopic (exact) mass is 264 g/mol. The molecule has 86 valence electrons. The van der Waals surface area contributed by atoms with Crippen molar-refractivity contribution >= 4 is 28.7 Å². The maximum absolute atomic E-state index is 12.2. The Bertz CT molecular complexity index is 589. The third-order valence-electron chi connectivity index (χ3n) is 2.75. The van der Waals surface area contributed by atoms with Gasteiger partial charge in [0.2, 0.25) is 5.78 Å². The molecule has 0 unspecified atom stereocenters. The van der Waals surface area contributed by atoms with E-state index in [4.69, 9.17) is 16.3 Å². The number of thiophene rings is 1. The second-order valence-corrected chi connectivity index (χ2v) is 5.57. The Kier molecular flexibility index (Phi) is 2.65. The normalized spacial score (nSPS) is 13.2. The summed E-state index contributed by atoms with van der Waals surface area (Å²) >= 11 is 7.14. The van der Waals surface area contributed by atoms with Crippen molar-refractivity contribution in [2.75, 3.05) is 6.61 Å². The molecular weight excluding hydrogens is 256 g/mol. The molecular formula is C13H9ClO2S. The number of ketones is 1. The van der Waals surface area contributed by atoms with Crippen molar-refractivity contribution in [1.82, 2.24) is 0 Å². The van der Waals surface area contributed by atoms with Crippen LogP contribution in [0.15, 0.2) is 30.3 Å². The van der Waals surface area contributed by atoms with Crippen LogP contribution in [0, 0.1) is 0 Å². The van der Waals surface area contributed by atoms with Gasteiger partial charge in [-0.2, -0.15) is 0 Å². The van der Waals surface area contributed by atoms with Crippen molar-refractivity contribution in [3.8, 4) is 5.75 Å². The summed E-state index contributed by atoms with van der Waals surface area (Å²) in [7, 11) is 0. The van der Waals surface area contributed by atoms with Crippen molar-refractivity contribution in [3.05, 3.63) is 50.7 Å². The van der Waals surface area contributed by atoms with Crippen molar-refractivity contribution < 1.29 is 9.53 Å². The molecule has 0 saturated carbocycles. The molecule has 0 radical (unpaired) electrons. The summed E-state index contributed by atoms with van der Waals surface area (Å²) in [5.41, 5.74) is 1.81. The number of hydrogen-bond donors (Lipinski definition) is 0. The second-order valence-electron chi connectivity index (χ2n) is 3.85. The van der Waals surface area contributed by atoms with Crippen LogP contribution in [-0.2, 0) is 6.42 Å². The Labute approximate surface area is 108 Å². The lowest BCUT2D eigenvalue weighted by Crippen LogP contribution is -1.98. The number of hydrogen-bond acceptors (Lipinski definition) is 3. The summed E-state index contributed by atoms with van der Waals surface area (Å²) in [5.74, 6) is 0.919. The molecule has 1 aromatic heterocycles. The van der Waals surface area contributed by atoms with Crippen molar-refractivity contribution in [3.63, 3.8) is 0 Å². The predicted octanol–water partition coefficient (Wildman–Crippen LogP) is 3.57. The van der Waals surface area contributed by atoms with Gasteiger partial charge >= 0.3 is 0 Å². The number of fused-ring (bicyclic) bond motifs is 1. The van der Waals surface area contributed by atoms with Crippen LogP contribution in [0.1, 0.15) is 20.8 Å². The Morgan fingerprint density at radius 1 is 1.29 bits per heavy atom. The van der Waals surface area contributed by atoms with E-state index < -0.39 is 0 Å². The van der Waals surface area contributed by atoms with Crippen LogP contribution in [0.2, 0.25) is 4.34 Å². The summed E-state index contributed by atoms with van der Waals surface area (Å²) in [5, 5.41) is 0. The highest BCUT2D eigenvalue weighted by Crippen LogP contribution is 2.28. The fourth-order valence-corrected chi connectivity index (χ4v) is 2.91. The topological polar surface area (TPSA) is 26.3 Å². The first-order valence-electron chi connectivity index (χ1n) is 5.30. The molecule has 1 aromatic carbocycles. The average Bonchev–Trinajstić information content (AvgIpc) is 2.95. The smallest absolute Gasteiger partial charge is 0.203 e. The van der Waals surface area contributed by atoms with E-state index in [1.807, 2.05) is 12.1 Å². The van der Waals surface area contributed by atoms with Crippen LogP contribution in [0.3, 0.4) is 0 Å². The molecule has 2 nitrogen and oxygen atoms in total. The minimum Gasteiger partial charge on any atom is -0.493 e. The SMILES string of the molecule is O=C(c1ccc2c(c1)CCO2)c1ccc(Cl)s1. The minimum absolute atomic E-state index is 0.0246. The molecule has 0 amide bonds. The van der Waals surface area contributed by atoms with Crippen molar-refractivity contribution in [1.29, 1.82) is 0 Å². The summed E-state index contributed by atoms with van der Waals surface area (Å²) < 4.78 is 6.05. The van der Waals surface area contributed by atoms with Gasteiger partial charge in [0.25, 0.3) is 0 Å². The molecule has 0 N–H and O–H groups in total. The number of benzene rings is 1. The fourth-order valence-electron chi connectivity index (χ4n) is 1.91. The van der Waals surface area contributed by atoms with Crippen LogP contribution in [0.5, 0.6) is 5.75 Å². The molecule has 0 bridgehead atoms. The zero-order chi connectivity index (χ0) is 11.8. The van der Waals surface area contributed by atoms with Gasteiger partial charge in [-0.05, 0) is 35.9 Å². The number of carbonyl (C=O) groups is 1. The van der Waals surface area contributed by atoms with Gasteiger partial charge in [-0.3, -0.25) is 4.79 Å². The Morgan fingerprint density at radius 3 is 2.94 bits per heavy atom. The van der Waals surface area contributed by atoms with Crippen LogP contribution < -0.4 is 4.74 Å². The summed E-state index contributed by atoms with van der Waals surface area (Å²) in [6, 6.07) is 9.10. The maximum atomic E-state index is 12.2. The number of rotatable bonds is 2. The van der Waals surface area contributed by atoms with E-state index in [0.717, 1.165) is 17.7 Å². The fraction of sp³-hybridized carbons (Fsp3) is 0.154. The molecule has 4 heteroatoms. The lowest BCUT2D eigenvalue weighted by Gasteiger charge is -2.01. The van der Waals surface area contributed by atoms with E-state index in [-0.39, 0.29) is 5.78 Å². The van der Waals surface area contributed by atoms with Gasteiger partial charge in [-0.15, -0.1) is 11.3 Å². The number of halogens is 1. The van der Waals surface area contributed by atoms with Crippen LogP contribution in [0.4, 0.5) is 0 Å². The molecule has 0 aliphatic carbocycles. The van der Waals surface area contributed by atoms with Gasteiger partial charge in [0.15, 0.2) is 0 Å². The maximum Gasteiger partial charge on any atom is 0.203 e. The first-order valence-corrected chi connectivity index (χ1v) is 6.49. The zero-order valence-corrected chi connectivity index (χ0v) is 10.5. The van der Waals surface area contributed by atoms with E-state index in [9.17, 15) is 4.79 Å². The summed E-state index contributed by atoms with van der Waals surface area (Å²) in [4.78, 5) is 12.8. The van der Waals surface area contributed by atoms with Gasteiger partial charge in [-0.25, -0.2) is 0 Å². The third-order valence-corrected chi connectivity index (χ3v) is 3.98. The average molecular weight is 265 g/mol. The molecule has 1 aliphatic heterocycles. The molecule has 0 fully saturated rings. The van der Waals surface area contributed by atoms with E-state index in [2.05, 4.69) is 0 Å². The molecule has 2 aromatic rings. The van der Waals surface area contributed by atoms with Crippen LogP contribution >= 0.6 is 22.9 Å². The highest BCUT2D eigenvalue weighted by atomic mass is 35.5. The van der Waals surface area contributed by atoms with E-state index in [0.29, 0.717) is 21.4 Å². The lowest BCUT2D eigenvalue weighted by molar-refractivity contribution is 0.104. The van der Waals surface area contributed by atoms with Gasteiger partial charge in [0, 0.05) is 12.0 Å². The Balaban J connectivity index is 1.97. The minimum atomic E-state index is 0.0246. The molecule has 2 heterocycles. The molecule has 0 spiro atoms. The predicted molar refractivity (Wildman–Crippen MR) is 68.4 cm³/mol. The van der Waals surface area contributed by atoms with E-state index in [1.54, 1.807) is 18.2 Å². The molecule has 1 aliphatic rings. The van der Waals surface area contributed by atoms with Gasteiger partial charge in [0.05, 0.1) is 15.8 Å². The van der Waals surface area contributed by atoms with E-state index in [1.165, 1.54) is 11.3 Å². The van der Waals surface area contributed by atoms with Crippen LogP contribution in [0.25, 0.3) is 0 Å². The first-order chi connectivity index (χ1) is 8.24. The first kappa shape index (κ1) is 10.8. The van der Waals surface area contributed by atoms with Crippen molar-refractivity contribution in [2.24, 2.45) is 0 Å². The largest absolute Gasteiger partial charge is 0.493 e. The zero-order valence-electron chi connectivity index (χ0n) is 8.90. The summed E-state index contributed by atoms with van der Waals surface area (Å²) in [6.07, 6.45) is 0.877.